The first kappa shape index (κ1) is 18.0. The highest BCUT2D eigenvalue weighted by Crippen LogP contribution is 2.35. The zero-order valence-electron chi connectivity index (χ0n) is 15.9. The van der Waals surface area contributed by atoms with Crippen molar-refractivity contribution < 1.29 is 0 Å². The van der Waals surface area contributed by atoms with Crippen LogP contribution in [0.2, 0.25) is 0 Å². The van der Waals surface area contributed by atoms with Crippen molar-refractivity contribution >= 4 is 23.0 Å². The van der Waals surface area contributed by atoms with Gasteiger partial charge in [-0.2, -0.15) is 18.1 Å². The minimum absolute atomic E-state index is 0.183. The van der Waals surface area contributed by atoms with Gasteiger partial charge in [-0.05, 0) is 31.9 Å². The van der Waals surface area contributed by atoms with Crippen LogP contribution in [0.4, 0.5) is 11.4 Å². The van der Waals surface area contributed by atoms with Gasteiger partial charge in [-0.15, -0.1) is 17.2 Å². The van der Waals surface area contributed by atoms with Crippen molar-refractivity contribution in [3.05, 3.63) is 64.6 Å². The quantitative estimate of drug-likeness (QED) is 0.536. The van der Waals surface area contributed by atoms with Crippen molar-refractivity contribution in [3.63, 3.8) is 0 Å². The van der Waals surface area contributed by atoms with Crippen LogP contribution in [-0.2, 0) is 0 Å². The molecule has 1 aliphatic rings. The summed E-state index contributed by atoms with van der Waals surface area (Å²) in [5.74, 6) is 0.587. The molecule has 2 aromatic carbocycles. The molecule has 0 N–H and O–H groups in total. The molecule has 134 valence electrons. The Morgan fingerprint density at radius 1 is 0.960 bits per heavy atom. The Kier molecular flexibility index (Phi) is 5.19. The maximum Gasteiger partial charge on any atom is 0.105 e. The minimum Gasteiger partial charge on any atom is -0.402 e. The van der Waals surface area contributed by atoms with E-state index in [0.29, 0.717) is 5.88 Å². The lowest BCUT2D eigenvalue weighted by atomic mass is 10.0. The van der Waals surface area contributed by atoms with Crippen LogP contribution in [0, 0.1) is 34.1 Å². The molecule has 1 saturated heterocycles. The number of benzene rings is 2. The molecule has 0 spiro atoms. The zero-order valence-corrected chi connectivity index (χ0v) is 16.7. The Bertz CT molecular complexity index is 746. The molecule has 0 saturated carbocycles. The highest BCUT2D eigenvalue weighted by atomic mass is 35.5. The van der Waals surface area contributed by atoms with Crippen molar-refractivity contribution in [3.8, 4) is 0 Å². The standard InChI is InChI=1S/C22H28ClN2/c1-6-19-13-15(2)7-8-20(19)24-9-10-25(21(24)14-23)22-17(4)11-16(3)12-18(22)5/h6-8,11-13,21H,9-10,14H2,1-5H3/q-1. The number of halogens is 1. The molecule has 1 fully saturated rings. The molecule has 0 radical (unpaired) electrons. The molecule has 0 aliphatic carbocycles. The van der Waals surface area contributed by atoms with Gasteiger partial charge in [0.15, 0.2) is 0 Å². The largest absolute Gasteiger partial charge is 0.402 e. The summed E-state index contributed by atoms with van der Waals surface area (Å²) in [5, 5.41) is 0. The highest BCUT2D eigenvalue weighted by Gasteiger charge is 2.31. The van der Waals surface area contributed by atoms with E-state index in [-0.39, 0.29) is 6.17 Å². The Morgan fingerprint density at radius 2 is 1.60 bits per heavy atom. The molecule has 0 bridgehead atoms. The number of aryl methyl sites for hydroxylation is 4. The molecule has 2 aromatic rings. The van der Waals surface area contributed by atoms with Gasteiger partial charge in [-0.3, -0.25) is 0 Å². The second-order valence-corrected chi connectivity index (χ2v) is 7.43. The highest BCUT2D eigenvalue weighted by molar-refractivity contribution is 6.18. The van der Waals surface area contributed by atoms with Gasteiger partial charge in [0.25, 0.3) is 0 Å². The van der Waals surface area contributed by atoms with E-state index in [0.717, 1.165) is 13.1 Å². The number of anilines is 2. The van der Waals surface area contributed by atoms with Gasteiger partial charge in [0.1, 0.15) is 6.17 Å². The summed E-state index contributed by atoms with van der Waals surface area (Å²) in [7, 11) is 0. The van der Waals surface area contributed by atoms with Crippen molar-refractivity contribution in [1.82, 2.24) is 0 Å². The smallest absolute Gasteiger partial charge is 0.105 e. The van der Waals surface area contributed by atoms with Crippen LogP contribution in [0.5, 0.6) is 0 Å². The van der Waals surface area contributed by atoms with Crippen molar-refractivity contribution in [2.75, 3.05) is 28.8 Å². The summed E-state index contributed by atoms with van der Waals surface area (Å²) in [6, 6.07) is 11.2. The average Bonchev–Trinajstić information content (AvgIpc) is 2.97. The predicted octanol–water partition coefficient (Wildman–Crippen LogP) is 5.38. The lowest BCUT2D eigenvalue weighted by Crippen LogP contribution is -2.41. The maximum atomic E-state index is 6.47. The maximum absolute atomic E-state index is 6.47. The number of alkyl halides is 1. The van der Waals surface area contributed by atoms with Gasteiger partial charge < -0.3 is 9.80 Å². The van der Waals surface area contributed by atoms with E-state index in [9.17, 15) is 0 Å². The Morgan fingerprint density at radius 3 is 2.20 bits per heavy atom. The molecule has 1 aliphatic heterocycles. The fraction of sp³-hybridized carbons (Fsp3) is 0.409. The van der Waals surface area contributed by atoms with Crippen LogP contribution in [0.3, 0.4) is 0 Å². The second-order valence-electron chi connectivity index (χ2n) is 7.12. The van der Waals surface area contributed by atoms with Gasteiger partial charge in [0.05, 0.1) is 5.88 Å². The number of nitrogens with zero attached hydrogens (tertiary/aromatic N) is 2. The van der Waals surface area contributed by atoms with Crippen LogP contribution < -0.4 is 9.80 Å². The third-order valence-corrected chi connectivity index (χ3v) is 5.44. The molecular formula is C22H28ClN2-. The molecule has 2 nitrogen and oxygen atoms in total. The summed E-state index contributed by atoms with van der Waals surface area (Å²) < 4.78 is 0. The summed E-state index contributed by atoms with van der Waals surface area (Å²) in [6.07, 6.45) is 2.38. The normalized spacial score (nSPS) is 17.3. The summed E-state index contributed by atoms with van der Waals surface area (Å²) in [5.41, 5.74) is 9.19. The third kappa shape index (κ3) is 3.32. The zero-order chi connectivity index (χ0) is 18.1. The molecule has 1 heterocycles. The van der Waals surface area contributed by atoms with Gasteiger partial charge in [0.2, 0.25) is 0 Å². The molecule has 25 heavy (non-hydrogen) atoms. The Hall–Kier alpha value is -1.80. The van der Waals surface area contributed by atoms with Gasteiger partial charge in [-0.1, -0.05) is 49.4 Å². The first-order valence-electron chi connectivity index (χ1n) is 9.03. The molecule has 0 aromatic heterocycles. The summed E-state index contributed by atoms with van der Waals surface area (Å²) >= 11 is 6.47. The van der Waals surface area contributed by atoms with Gasteiger partial charge in [-0.25, -0.2) is 0 Å². The van der Waals surface area contributed by atoms with Crippen LogP contribution in [0.25, 0.3) is 0 Å². The lowest BCUT2D eigenvalue weighted by Gasteiger charge is -2.37. The Balaban J connectivity index is 2.00. The van der Waals surface area contributed by atoms with E-state index in [1.54, 1.807) is 0 Å². The molecule has 3 heteroatoms. The molecule has 1 unspecified atom stereocenters. The van der Waals surface area contributed by atoms with Crippen LogP contribution >= 0.6 is 11.6 Å². The topological polar surface area (TPSA) is 6.48 Å². The van der Waals surface area contributed by atoms with Crippen molar-refractivity contribution in [1.29, 1.82) is 0 Å². The van der Waals surface area contributed by atoms with E-state index >= 15 is 0 Å². The van der Waals surface area contributed by atoms with Crippen molar-refractivity contribution in [2.24, 2.45) is 0 Å². The van der Waals surface area contributed by atoms with Crippen LogP contribution in [0.1, 0.15) is 34.7 Å². The number of hydrogen-bond acceptors (Lipinski definition) is 2. The third-order valence-electron chi connectivity index (χ3n) is 5.17. The first-order valence-corrected chi connectivity index (χ1v) is 9.56. The van der Waals surface area contributed by atoms with E-state index in [2.05, 4.69) is 81.2 Å². The number of rotatable bonds is 4. The van der Waals surface area contributed by atoms with Crippen LogP contribution in [0.15, 0.2) is 30.3 Å². The minimum atomic E-state index is 0.183. The predicted molar refractivity (Wildman–Crippen MR) is 110 cm³/mol. The van der Waals surface area contributed by atoms with E-state index in [1.807, 2.05) is 0 Å². The first-order chi connectivity index (χ1) is 12.0. The summed E-state index contributed by atoms with van der Waals surface area (Å²) in [6.45, 7) is 12.8. The van der Waals surface area contributed by atoms with Crippen LogP contribution in [-0.4, -0.2) is 25.1 Å². The van der Waals surface area contributed by atoms with Gasteiger partial charge >= 0.3 is 0 Å². The molecule has 3 rings (SSSR count). The number of hydrogen-bond donors (Lipinski definition) is 0. The van der Waals surface area contributed by atoms with E-state index in [1.165, 1.54) is 39.2 Å². The monoisotopic (exact) mass is 355 g/mol. The fourth-order valence-electron chi connectivity index (χ4n) is 4.18. The lowest BCUT2D eigenvalue weighted by molar-refractivity contribution is 0.734. The average molecular weight is 356 g/mol. The van der Waals surface area contributed by atoms with Crippen molar-refractivity contribution in [2.45, 2.75) is 40.8 Å². The second kappa shape index (κ2) is 7.21. The molecule has 1 atom stereocenters. The van der Waals surface area contributed by atoms with Gasteiger partial charge in [0, 0.05) is 18.8 Å². The molecule has 0 amide bonds. The van der Waals surface area contributed by atoms with E-state index in [4.69, 9.17) is 11.6 Å². The Labute approximate surface area is 157 Å². The summed E-state index contributed by atoms with van der Waals surface area (Å²) in [4.78, 5) is 4.94. The fourth-order valence-corrected chi connectivity index (χ4v) is 4.52. The van der Waals surface area contributed by atoms with E-state index < -0.39 is 0 Å². The SMILES string of the molecule is C[CH-]c1cc(C)ccc1N1CCN(c2c(C)cc(C)cc2C)C1CCl. The molecular weight excluding hydrogens is 328 g/mol.